The SMILES string of the molecule is CS(=O)(=O)CCN1CCC(C(=O)O)c2ccccc21. The molecule has 1 unspecified atom stereocenters. The fourth-order valence-electron chi connectivity index (χ4n) is 2.40. The van der Waals surface area contributed by atoms with Gasteiger partial charge in [-0.25, -0.2) is 8.42 Å². The van der Waals surface area contributed by atoms with Crippen LogP contribution in [0.15, 0.2) is 24.3 Å². The van der Waals surface area contributed by atoms with Gasteiger partial charge in [-0.3, -0.25) is 4.79 Å². The lowest BCUT2D eigenvalue weighted by atomic mass is 9.90. The van der Waals surface area contributed by atoms with Crippen molar-refractivity contribution in [1.82, 2.24) is 0 Å². The van der Waals surface area contributed by atoms with Crippen LogP contribution < -0.4 is 4.90 Å². The minimum Gasteiger partial charge on any atom is -0.481 e. The molecule has 0 aromatic heterocycles. The second-order valence-corrected chi connectivity index (χ2v) is 7.11. The Hall–Kier alpha value is -1.56. The Morgan fingerprint density at radius 1 is 1.42 bits per heavy atom. The highest BCUT2D eigenvalue weighted by Gasteiger charge is 2.29. The summed E-state index contributed by atoms with van der Waals surface area (Å²) >= 11 is 0. The highest BCUT2D eigenvalue weighted by molar-refractivity contribution is 7.90. The van der Waals surface area contributed by atoms with Gasteiger partial charge in [-0.15, -0.1) is 0 Å². The molecule has 0 aliphatic carbocycles. The van der Waals surface area contributed by atoms with Gasteiger partial charge < -0.3 is 10.0 Å². The van der Waals surface area contributed by atoms with Gasteiger partial charge in [0.05, 0.1) is 11.7 Å². The zero-order chi connectivity index (χ0) is 14.0. The number of benzene rings is 1. The van der Waals surface area contributed by atoms with Gasteiger partial charge in [-0.1, -0.05) is 18.2 Å². The Labute approximate surface area is 112 Å². The fourth-order valence-corrected chi connectivity index (χ4v) is 2.95. The quantitative estimate of drug-likeness (QED) is 0.896. The molecule has 1 N–H and O–H groups in total. The maximum atomic E-state index is 11.2. The number of carbonyl (C=O) groups is 1. The van der Waals surface area contributed by atoms with Crippen LogP contribution in [0, 0.1) is 0 Å². The molecule has 1 aliphatic rings. The summed E-state index contributed by atoms with van der Waals surface area (Å²) in [6.07, 6.45) is 1.72. The van der Waals surface area contributed by atoms with Crippen molar-refractivity contribution in [3.63, 3.8) is 0 Å². The Bertz CT molecular complexity index is 582. The second-order valence-electron chi connectivity index (χ2n) is 4.86. The van der Waals surface area contributed by atoms with E-state index in [1.54, 1.807) is 6.07 Å². The molecule has 1 aliphatic heterocycles. The smallest absolute Gasteiger partial charge is 0.311 e. The number of hydrogen-bond acceptors (Lipinski definition) is 4. The van der Waals surface area contributed by atoms with E-state index in [2.05, 4.69) is 0 Å². The zero-order valence-electron chi connectivity index (χ0n) is 10.7. The maximum Gasteiger partial charge on any atom is 0.311 e. The molecule has 1 aromatic rings. The third-order valence-corrected chi connectivity index (χ3v) is 4.29. The summed E-state index contributed by atoms with van der Waals surface area (Å²) in [7, 11) is -3.01. The number of nitrogens with zero attached hydrogens (tertiary/aromatic N) is 1. The number of carboxylic acids is 1. The molecule has 0 spiro atoms. The van der Waals surface area contributed by atoms with E-state index < -0.39 is 21.7 Å². The monoisotopic (exact) mass is 283 g/mol. The molecule has 0 bridgehead atoms. The Morgan fingerprint density at radius 2 is 2.11 bits per heavy atom. The van der Waals surface area contributed by atoms with Gasteiger partial charge in [-0.2, -0.15) is 0 Å². The predicted octanol–water partition coefficient (Wildman–Crippen LogP) is 1.11. The van der Waals surface area contributed by atoms with E-state index in [-0.39, 0.29) is 5.75 Å². The van der Waals surface area contributed by atoms with Crippen molar-refractivity contribution < 1.29 is 18.3 Å². The summed E-state index contributed by atoms with van der Waals surface area (Å²) < 4.78 is 22.5. The van der Waals surface area contributed by atoms with Crippen LogP contribution in [0.2, 0.25) is 0 Å². The molecular formula is C13H17NO4S. The van der Waals surface area contributed by atoms with Crippen LogP contribution in [0.1, 0.15) is 17.9 Å². The van der Waals surface area contributed by atoms with Crippen LogP contribution in [-0.2, 0) is 14.6 Å². The minimum absolute atomic E-state index is 0.0824. The molecule has 104 valence electrons. The molecule has 0 radical (unpaired) electrons. The number of rotatable bonds is 4. The van der Waals surface area contributed by atoms with E-state index in [9.17, 15) is 18.3 Å². The van der Waals surface area contributed by atoms with Gasteiger partial charge >= 0.3 is 5.97 Å². The largest absolute Gasteiger partial charge is 0.481 e. The number of anilines is 1. The summed E-state index contributed by atoms with van der Waals surface area (Å²) in [6, 6.07) is 7.32. The Balaban J connectivity index is 2.25. The molecule has 2 rings (SSSR count). The zero-order valence-corrected chi connectivity index (χ0v) is 11.6. The van der Waals surface area contributed by atoms with Crippen LogP contribution in [0.3, 0.4) is 0 Å². The summed E-state index contributed by atoms with van der Waals surface area (Å²) in [5.41, 5.74) is 1.61. The molecule has 0 fully saturated rings. The van der Waals surface area contributed by atoms with Crippen LogP contribution in [0.4, 0.5) is 5.69 Å². The number of sulfone groups is 1. The van der Waals surface area contributed by atoms with E-state index in [1.165, 1.54) is 6.26 Å². The minimum atomic E-state index is -3.01. The van der Waals surface area contributed by atoms with E-state index in [1.807, 2.05) is 23.1 Å². The third kappa shape index (κ3) is 3.26. The molecule has 1 heterocycles. The lowest BCUT2D eigenvalue weighted by molar-refractivity contribution is -0.139. The first-order chi connectivity index (χ1) is 8.88. The van der Waals surface area contributed by atoms with E-state index in [4.69, 9.17) is 0 Å². The highest BCUT2D eigenvalue weighted by Crippen LogP contribution is 2.35. The van der Waals surface area contributed by atoms with Crippen molar-refractivity contribution >= 4 is 21.5 Å². The first-order valence-electron chi connectivity index (χ1n) is 6.13. The average Bonchev–Trinajstić information content (AvgIpc) is 2.34. The fraction of sp³-hybridized carbons (Fsp3) is 0.462. The number of carboxylic acid groups (broad SMARTS) is 1. The van der Waals surface area contributed by atoms with Crippen molar-refractivity contribution in [2.45, 2.75) is 12.3 Å². The summed E-state index contributed by atoms with van der Waals surface area (Å²) in [5, 5.41) is 9.22. The second kappa shape index (κ2) is 5.21. The standard InChI is InChI=1S/C13H17NO4S/c1-19(17,18)9-8-14-7-6-11(13(15)16)10-4-2-3-5-12(10)14/h2-5,11H,6-9H2,1H3,(H,15,16). The molecule has 0 saturated heterocycles. The Kier molecular flexibility index (Phi) is 3.80. The van der Waals surface area contributed by atoms with Crippen molar-refractivity contribution in [1.29, 1.82) is 0 Å². The van der Waals surface area contributed by atoms with Gasteiger partial charge in [0.1, 0.15) is 9.84 Å². The number of fused-ring (bicyclic) bond motifs is 1. The van der Waals surface area contributed by atoms with Crippen LogP contribution in [0.25, 0.3) is 0 Å². The number of hydrogen-bond donors (Lipinski definition) is 1. The molecule has 19 heavy (non-hydrogen) atoms. The molecule has 6 heteroatoms. The summed E-state index contributed by atoms with van der Waals surface area (Å²) in [4.78, 5) is 13.2. The van der Waals surface area contributed by atoms with E-state index in [0.717, 1.165) is 11.3 Å². The van der Waals surface area contributed by atoms with Crippen molar-refractivity contribution in [3.05, 3.63) is 29.8 Å². The van der Waals surface area contributed by atoms with E-state index in [0.29, 0.717) is 19.5 Å². The molecule has 0 amide bonds. The molecular weight excluding hydrogens is 266 g/mol. The van der Waals surface area contributed by atoms with Crippen molar-refractivity contribution in [2.24, 2.45) is 0 Å². The van der Waals surface area contributed by atoms with Gasteiger partial charge in [0.15, 0.2) is 0 Å². The predicted molar refractivity (Wildman–Crippen MR) is 73.4 cm³/mol. The summed E-state index contributed by atoms with van der Waals surface area (Å²) in [6.45, 7) is 0.978. The van der Waals surface area contributed by atoms with Crippen LogP contribution in [-0.4, -0.2) is 44.6 Å². The van der Waals surface area contributed by atoms with Gasteiger partial charge in [0.25, 0.3) is 0 Å². The molecule has 1 aromatic carbocycles. The lowest BCUT2D eigenvalue weighted by Crippen LogP contribution is -2.36. The van der Waals surface area contributed by atoms with Crippen LogP contribution in [0.5, 0.6) is 0 Å². The van der Waals surface area contributed by atoms with Crippen molar-refractivity contribution in [2.75, 3.05) is 30.0 Å². The lowest BCUT2D eigenvalue weighted by Gasteiger charge is -2.34. The summed E-state index contributed by atoms with van der Waals surface area (Å²) in [5.74, 6) is -1.24. The van der Waals surface area contributed by atoms with E-state index >= 15 is 0 Å². The van der Waals surface area contributed by atoms with Gasteiger partial charge in [-0.05, 0) is 18.1 Å². The molecule has 0 saturated carbocycles. The number of aliphatic carboxylic acids is 1. The van der Waals surface area contributed by atoms with Crippen molar-refractivity contribution in [3.8, 4) is 0 Å². The van der Waals surface area contributed by atoms with Gasteiger partial charge in [0.2, 0.25) is 0 Å². The maximum absolute atomic E-state index is 11.2. The van der Waals surface area contributed by atoms with Crippen LogP contribution >= 0.6 is 0 Å². The average molecular weight is 283 g/mol. The topological polar surface area (TPSA) is 74.7 Å². The number of para-hydroxylation sites is 1. The normalized spacial score (nSPS) is 19.0. The molecule has 5 nitrogen and oxygen atoms in total. The Morgan fingerprint density at radius 3 is 2.74 bits per heavy atom. The third-order valence-electron chi connectivity index (χ3n) is 3.37. The highest BCUT2D eigenvalue weighted by atomic mass is 32.2. The first kappa shape index (κ1) is 13.9. The van der Waals surface area contributed by atoms with Gasteiger partial charge in [0, 0.05) is 25.0 Å². The first-order valence-corrected chi connectivity index (χ1v) is 8.19. The molecule has 1 atom stereocenters.